The number of pyridine rings is 1. The zero-order chi connectivity index (χ0) is 15.1. The van der Waals surface area contributed by atoms with Crippen molar-refractivity contribution in [3.05, 3.63) is 24.0 Å². The van der Waals surface area contributed by atoms with Crippen molar-refractivity contribution in [2.75, 3.05) is 26.9 Å². The largest absolute Gasteiger partial charge is 0.489 e. The molecule has 1 atom stereocenters. The molecule has 1 saturated heterocycles. The van der Waals surface area contributed by atoms with E-state index < -0.39 is 0 Å². The van der Waals surface area contributed by atoms with E-state index in [4.69, 9.17) is 14.2 Å². The Labute approximate surface area is 127 Å². The molecule has 0 aromatic carbocycles. The van der Waals surface area contributed by atoms with Crippen molar-refractivity contribution < 1.29 is 14.2 Å². The van der Waals surface area contributed by atoms with Gasteiger partial charge in [0.25, 0.3) is 0 Å². The zero-order valence-corrected chi connectivity index (χ0v) is 13.2. The molecule has 1 fully saturated rings. The molecular formula is C16H26N2O3. The SMILES string of the molecule is COCCNCc1ccc(OCC2CCC(C)(C)O2)cn1. The number of ether oxygens (including phenoxy) is 3. The van der Waals surface area contributed by atoms with Gasteiger partial charge in [0.05, 0.1) is 30.2 Å². The Morgan fingerprint density at radius 3 is 2.90 bits per heavy atom. The molecule has 1 unspecified atom stereocenters. The van der Waals surface area contributed by atoms with Crippen LogP contribution in [0.4, 0.5) is 0 Å². The number of nitrogens with zero attached hydrogens (tertiary/aromatic N) is 1. The quantitative estimate of drug-likeness (QED) is 0.745. The minimum Gasteiger partial charge on any atom is -0.489 e. The van der Waals surface area contributed by atoms with E-state index in [9.17, 15) is 0 Å². The van der Waals surface area contributed by atoms with Gasteiger partial charge in [0.15, 0.2) is 0 Å². The molecule has 21 heavy (non-hydrogen) atoms. The van der Waals surface area contributed by atoms with Gasteiger partial charge in [0.1, 0.15) is 12.4 Å². The molecule has 1 aromatic rings. The van der Waals surface area contributed by atoms with Crippen LogP contribution in [-0.2, 0) is 16.0 Å². The number of hydrogen-bond donors (Lipinski definition) is 1. The Balaban J connectivity index is 1.70. The summed E-state index contributed by atoms with van der Waals surface area (Å²) in [5.74, 6) is 0.795. The third kappa shape index (κ3) is 5.61. The third-order valence-corrected chi connectivity index (χ3v) is 3.58. The van der Waals surface area contributed by atoms with Gasteiger partial charge in [-0.3, -0.25) is 4.98 Å². The van der Waals surface area contributed by atoms with Crippen LogP contribution in [0.3, 0.4) is 0 Å². The number of nitrogens with one attached hydrogen (secondary N) is 1. The van der Waals surface area contributed by atoms with E-state index in [-0.39, 0.29) is 11.7 Å². The normalized spacial score (nSPS) is 20.6. The minimum atomic E-state index is -0.00991. The van der Waals surface area contributed by atoms with Gasteiger partial charge in [-0.15, -0.1) is 0 Å². The van der Waals surface area contributed by atoms with Crippen LogP contribution in [0.1, 0.15) is 32.4 Å². The molecule has 1 aliphatic heterocycles. The number of methoxy groups -OCH3 is 1. The molecule has 5 heteroatoms. The van der Waals surface area contributed by atoms with Crippen LogP contribution in [0.2, 0.25) is 0 Å². The first-order valence-corrected chi connectivity index (χ1v) is 7.54. The zero-order valence-electron chi connectivity index (χ0n) is 13.2. The van der Waals surface area contributed by atoms with Crippen LogP contribution < -0.4 is 10.1 Å². The third-order valence-electron chi connectivity index (χ3n) is 3.58. The van der Waals surface area contributed by atoms with Gasteiger partial charge in [0.2, 0.25) is 0 Å². The average molecular weight is 294 g/mol. The minimum absolute atomic E-state index is 0.00991. The topological polar surface area (TPSA) is 52.6 Å². The molecule has 1 N–H and O–H groups in total. The second kappa shape index (κ2) is 7.73. The van der Waals surface area contributed by atoms with Crippen molar-refractivity contribution in [2.45, 2.75) is 44.9 Å². The molecule has 1 aromatic heterocycles. The smallest absolute Gasteiger partial charge is 0.137 e. The number of hydrogen-bond acceptors (Lipinski definition) is 5. The number of aromatic nitrogens is 1. The fraction of sp³-hybridized carbons (Fsp3) is 0.688. The maximum absolute atomic E-state index is 5.90. The standard InChI is InChI=1S/C16H26N2O3/c1-16(2)7-6-15(21-16)12-20-14-5-4-13(18-11-14)10-17-8-9-19-3/h4-5,11,15,17H,6-10,12H2,1-3H3. The summed E-state index contributed by atoms with van der Waals surface area (Å²) in [5.41, 5.74) is 0.987. The molecule has 0 radical (unpaired) electrons. The van der Waals surface area contributed by atoms with Gasteiger partial charge >= 0.3 is 0 Å². The van der Waals surface area contributed by atoms with Crippen molar-refractivity contribution in [1.82, 2.24) is 10.3 Å². The summed E-state index contributed by atoms with van der Waals surface area (Å²) in [7, 11) is 1.70. The summed E-state index contributed by atoms with van der Waals surface area (Å²) < 4.78 is 16.6. The van der Waals surface area contributed by atoms with Crippen LogP contribution in [0.5, 0.6) is 5.75 Å². The van der Waals surface area contributed by atoms with E-state index >= 15 is 0 Å². The van der Waals surface area contributed by atoms with Crippen molar-refractivity contribution in [2.24, 2.45) is 0 Å². The van der Waals surface area contributed by atoms with Crippen molar-refractivity contribution >= 4 is 0 Å². The maximum atomic E-state index is 5.90. The highest BCUT2D eigenvalue weighted by atomic mass is 16.6. The predicted octanol–water partition coefficient (Wildman–Crippen LogP) is 2.15. The van der Waals surface area contributed by atoms with Crippen LogP contribution in [0, 0.1) is 0 Å². The summed E-state index contributed by atoms with van der Waals surface area (Å²) in [4.78, 5) is 4.38. The Morgan fingerprint density at radius 1 is 1.43 bits per heavy atom. The molecular weight excluding hydrogens is 268 g/mol. The molecule has 118 valence electrons. The molecule has 0 saturated carbocycles. The molecule has 5 nitrogen and oxygen atoms in total. The van der Waals surface area contributed by atoms with Crippen LogP contribution >= 0.6 is 0 Å². The average Bonchev–Trinajstić information content (AvgIpc) is 2.82. The summed E-state index contributed by atoms with van der Waals surface area (Å²) >= 11 is 0. The highest BCUT2D eigenvalue weighted by Crippen LogP contribution is 2.29. The van der Waals surface area contributed by atoms with Gasteiger partial charge in [-0.05, 0) is 38.8 Å². The fourth-order valence-electron chi connectivity index (χ4n) is 2.38. The van der Waals surface area contributed by atoms with Crippen molar-refractivity contribution in [3.8, 4) is 5.75 Å². The Morgan fingerprint density at radius 2 is 2.29 bits per heavy atom. The molecule has 2 rings (SSSR count). The van der Waals surface area contributed by atoms with Gasteiger partial charge in [0, 0.05) is 20.2 Å². The van der Waals surface area contributed by atoms with E-state index in [0.717, 1.165) is 37.4 Å². The van der Waals surface area contributed by atoms with Crippen LogP contribution in [-0.4, -0.2) is 43.6 Å². The molecule has 0 aliphatic carbocycles. The second-order valence-corrected chi connectivity index (χ2v) is 6.00. The van der Waals surface area contributed by atoms with Gasteiger partial charge in [-0.1, -0.05) is 0 Å². The molecule has 2 heterocycles. The Bertz CT molecular complexity index is 420. The van der Waals surface area contributed by atoms with E-state index in [1.165, 1.54) is 0 Å². The van der Waals surface area contributed by atoms with E-state index in [1.54, 1.807) is 13.3 Å². The summed E-state index contributed by atoms with van der Waals surface area (Å²) in [5, 5.41) is 3.26. The summed E-state index contributed by atoms with van der Waals surface area (Å²) in [6.07, 6.45) is 4.11. The highest BCUT2D eigenvalue weighted by molar-refractivity contribution is 5.19. The lowest BCUT2D eigenvalue weighted by Gasteiger charge is -2.19. The Kier molecular flexibility index (Phi) is 5.96. The lowest BCUT2D eigenvalue weighted by molar-refractivity contribution is -0.0327. The first kappa shape index (κ1) is 16.2. The number of rotatable bonds is 8. The molecule has 0 amide bonds. The lowest BCUT2D eigenvalue weighted by atomic mass is 10.1. The van der Waals surface area contributed by atoms with Gasteiger partial charge in [-0.2, -0.15) is 0 Å². The van der Waals surface area contributed by atoms with Crippen molar-refractivity contribution in [3.63, 3.8) is 0 Å². The summed E-state index contributed by atoms with van der Waals surface area (Å²) in [6.45, 7) is 7.12. The second-order valence-electron chi connectivity index (χ2n) is 6.00. The maximum Gasteiger partial charge on any atom is 0.137 e. The fourth-order valence-corrected chi connectivity index (χ4v) is 2.38. The van der Waals surface area contributed by atoms with Crippen LogP contribution in [0.15, 0.2) is 18.3 Å². The highest BCUT2D eigenvalue weighted by Gasteiger charge is 2.31. The first-order chi connectivity index (χ1) is 10.1. The summed E-state index contributed by atoms with van der Waals surface area (Å²) in [6, 6.07) is 3.94. The molecule has 0 spiro atoms. The van der Waals surface area contributed by atoms with E-state index in [1.807, 2.05) is 12.1 Å². The Hall–Kier alpha value is -1.17. The van der Waals surface area contributed by atoms with Crippen molar-refractivity contribution in [1.29, 1.82) is 0 Å². The predicted molar refractivity (Wildman–Crippen MR) is 81.5 cm³/mol. The van der Waals surface area contributed by atoms with E-state index in [0.29, 0.717) is 13.2 Å². The first-order valence-electron chi connectivity index (χ1n) is 7.54. The molecule has 1 aliphatic rings. The van der Waals surface area contributed by atoms with Crippen LogP contribution in [0.25, 0.3) is 0 Å². The molecule has 0 bridgehead atoms. The van der Waals surface area contributed by atoms with E-state index in [2.05, 4.69) is 24.1 Å². The lowest BCUT2D eigenvalue weighted by Crippen LogP contribution is -2.24. The van der Waals surface area contributed by atoms with Gasteiger partial charge in [-0.25, -0.2) is 0 Å². The van der Waals surface area contributed by atoms with Gasteiger partial charge < -0.3 is 19.5 Å². The monoisotopic (exact) mass is 294 g/mol.